The second-order valence-corrected chi connectivity index (χ2v) is 6.54. The Morgan fingerprint density at radius 1 is 1.52 bits per heavy atom. The van der Waals surface area contributed by atoms with Gasteiger partial charge in [-0.05, 0) is 12.0 Å². The summed E-state index contributed by atoms with van der Waals surface area (Å²) in [6.45, 7) is 2.01. The lowest BCUT2D eigenvalue weighted by molar-refractivity contribution is 0.0943. The average molecular weight is 367 g/mol. The lowest BCUT2D eigenvalue weighted by Gasteiger charge is -2.19. The molecule has 0 saturated carbocycles. The van der Waals surface area contributed by atoms with E-state index in [1.807, 2.05) is 17.8 Å². The molecule has 3 rings (SSSR count). The monoisotopic (exact) mass is 366 g/mol. The van der Waals surface area contributed by atoms with Gasteiger partial charge in [0.05, 0.1) is 24.0 Å². The summed E-state index contributed by atoms with van der Waals surface area (Å²) in [5, 5.41) is 6.16. The SMILES string of the molecule is COc1cc(F)c(C(=O)NC[C@@H]2CNC[C@H]2c2cncn2C)c(Cl)c1. The van der Waals surface area contributed by atoms with Gasteiger partial charge in [0.1, 0.15) is 11.6 Å². The van der Waals surface area contributed by atoms with Gasteiger partial charge in [0.25, 0.3) is 5.91 Å². The van der Waals surface area contributed by atoms with Crippen molar-refractivity contribution >= 4 is 17.5 Å². The molecule has 1 saturated heterocycles. The molecule has 134 valence electrons. The van der Waals surface area contributed by atoms with E-state index >= 15 is 0 Å². The standard InChI is InChI=1S/C17H20ClFN4O2/c1-23-9-21-8-15(23)12-7-20-5-10(12)6-22-17(24)16-13(18)3-11(25-2)4-14(16)19/h3-4,8-10,12,20H,5-7H2,1-2H3,(H,22,24)/t10-,12+/m0/s1. The van der Waals surface area contributed by atoms with Crippen LogP contribution in [0, 0.1) is 11.7 Å². The normalized spacial score (nSPS) is 19.8. The minimum absolute atomic E-state index is 0.0297. The summed E-state index contributed by atoms with van der Waals surface area (Å²) >= 11 is 6.03. The van der Waals surface area contributed by atoms with Crippen molar-refractivity contribution in [1.29, 1.82) is 0 Å². The molecule has 2 heterocycles. The van der Waals surface area contributed by atoms with Crippen molar-refractivity contribution < 1.29 is 13.9 Å². The molecule has 8 heteroatoms. The van der Waals surface area contributed by atoms with E-state index in [0.29, 0.717) is 6.54 Å². The van der Waals surface area contributed by atoms with Crippen LogP contribution in [0.2, 0.25) is 5.02 Å². The number of aryl methyl sites for hydroxylation is 1. The molecule has 0 aliphatic carbocycles. The van der Waals surface area contributed by atoms with Crippen molar-refractivity contribution in [2.24, 2.45) is 13.0 Å². The van der Waals surface area contributed by atoms with Crippen LogP contribution in [0.15, 0.2) is 24.7 Å². The fourth-order valence-electron chi connectivity index (χ4n) is 3.22. The highest BCUT2D eigenvalue weighted by molar-refractivity contribution is 6.34. The Balaban J connectivity index is 1.69. The molecule has 1 fully saturated rings. The summed E-state index contributed by atoms with van der Waals surface area (Å²) < 4.78 is 21.1. The molecule has 1 aromatic heterocycles. The van der Waals surface area contributed by atoms with Gasteiger partial charge in [0, 0.05) is 50.6 Å². The first-order chi connectivity index (χ1) is 12.0. The maximum Gasteiger partial charge on any atom is 0.255 e. The van der Waals surface area contributed by atoms with E-state index in [1.54, 1.807) is 6.33 Å². The lowest BCUT2D eigenvalue weighted by atomic mass is 9.93. The number of nitrogens with one attached hydrogen (secondary N) is 2. The summed E-state index contributed by atoms with van der Waals surface area (Å²) in [5.41, 5.74) is 0.948. The average Bonchev–Trinajstić information content (AvgIpc) is 3.20. The molecule has 1 aromatic carbocycles. The van der Waals surface area contributed by atoms with E-state index in [-0.39, 0.29) is 28.2 Å². The maximum atomic E-state index is 14.2. The van der Waals surface area contributed by atoms with E-state index in [4.69, 9.17) is 16.3 Å². The van der Waals surface area contributed by atoms with Crippen molar-refractivity contribution in [1.82, 2.24) is 20.2 Å². The van der Waals surface area contributed by atoms with Gasteiger partial charge in [0.15, 0.2) is 0 Å². The number of hydrogen-bond acceptors (Lipinski definition) is 4. The summed E-state index contributed by atoms with van der Waals surface area (Å²) in [5.74, 6) is -0.519. The minimum atomic E-state index is -0.699. The van der Waals surface area contributed by atoms with Crippen LogP contribution in [0.5, 0.6) is 5.75 Å². The number of hydrogen-bond donors (Lipinski definition) is 2. The highest BCUT2D eigenvalue weighted by atomic mass is 35.5. The number of halogens is 2. The Kier molecular flexibility index (Phi) is 5.24. The van der Waals surface area contributed by atoms with Gasteiger partial charge in [-0.1, -0.05) is 11.6 Å². The zero-order chi connectivity index (χ0) is 18.0. The number of nitrogens with zero attached hydrogens (tertiary/aromatic N) is 2. The van der Waals surface area contributed by atoms with Gasteiger partial charge in [0.2, 0.25) is 0 Å². The molecule has 0 unspecified atom stereocenters. The summed E-state index contributed by atoms with van der Waals surface area (Å²) in [6, 6.07) is 2.57. The van der Waals surface area contributed by atoms with Crippen molar-refractivity contribution in [3.8, 4) is 5.75 Å². The molecule has 2 N–H and O–H groups in total. The second-order valence-electron chi connectivity index (χ2n) is 6.13. The molecule has 25 heavy (non-hydrogen) atoms. The Bertz CT molecular complexity index is 757. The van der Waals surface area contributed by atoms with Gasteiger partial charge in [-0.3, -0.25) is 4.79 Å². The molecular formula is C17H20ClFN4O2. The van der Waals surface area contributed by atoms with Crippen LogP contribution >= 0.6 is 11.6 Å². The van der Waals surface area contributed by atoms with Gasteiger partial charge in [-0.2, -0.15) is 0 Å². The minimum Gasteiger partial charge on any atom is -0.497 e. The molecular weight excluding hydrogens is 347 g/mol. The fourth-order valence-corrected chi connectivity index (χ4v) is 3.50. The molecule has 6 nitrogen and oxygen atoms in total. The number of rotatable bonds is 5. The topological polar surface area (TPSA) is 68.2 Å². The molecule has 1 amide bonds. The highest BCUT2D eigenvalue weighted by Gasteiger charge is 2.31. The third kappa shape index (κ3) is 3.62. The van der Waals surface area contributed by atoms with Crippen LogP contribution in [0.3, 0.4) is 0 Å². The van der Waals surface area contributed by atoms with Crippen LogP contribution in [0.4, 0.5) is 4.39 Å². The van der Waals surface area contributed by atoms with Crippen LogP contribution in [-0.2, 0) is 7.05 Å². The molecule has 0 bridgehead atoms. The van der Waals surface area contributed by atoms with E-state index < -0.39 is 11.7 Å². The largest absolute Gasteiger partial charge is 0.497 e. The second kappa shape index (κ2) is 7.41. The molecule has 2 aromatic rings. The Morgan fingerprint density at radius 3 is 2.96 bits per heavy atom. The fraction of sp³-hybridized carbons (Fsp3) is 0.412. The first-order valence-corrected chi connectivity index (χ1v) is 8.37. The Morgan fingerprint density at radius 2 is 2.32 bits per heavy atom. The number of methoxy groups -OCH3 is 1. The number of benzene rings is 1. The number of ether oxygens (including phenoxy) is 1. The van der Waals surface area contributed by atoms with E-state index in [0.717, 1.165) is 24.8 Å². The van der Waals surface area contributed by atoms with Crippen LogP contribution in [0.1, 0.15) is 22.0 Å². The third-order valence-corrected chi connectivity index (χ3v) is 4.87. The number of amides is 1. The Hall–Kier alpha value is -2.12. The smallest absolute Gasteiger partial charge is 0.255 e. The first kappa shape index (κ1) is 17.7. The Labute approximate surface area is 150 Å². The van der Waals surface area contributed by atoms with Crippen molar-refractivity contribution in [3.05, 3.63) is 46.8 Å². The number of carbonyl (C=O) groups excluding carboxylic acids is 1. The predicted molar refractivity (Wildman–Crippen MR) is 92.6 cm³/mol. The summed E-state index contributed by atoms with van der Waals surface area (Å²) in [7, 11) is 3.36. The van der Waals surface area contributed by atoms with Crippen LogP contribution in [-0.4, -0.2) is 42.2 Å². The van der Waals surface area contributed by atoms with Crippen molar-refractivity contribution in [2.45, 2.75) is 5.92 Å². The lowest BCUT2D eigenvalue weighted by Crippen LogP contribution is -2.33. The van der Waals surface area contributed by atoms with E-state index in [2.05, 4.69) is 15.6 Å². The van der Waals surface area contributed by atoms with Crippen molar-refractivity contribution in [2.75, 3.05) is 26.7 Å². The molecule has 2 atom stereocenters. The summed E-state index contributed by atoms with van der Waals surface area (Å²) in [6.07, 6.45) is 3.60. The van der Waals surface area contributed by atoms with Gasteiger partial charge < -0.3 is 19.9 Å². The maximum absolute atomic E-state index is 14.2. The van der Waals surface area contributed by atoms with E-state index in [9.17, 15) is 9.18 Å². The number of aromatic nitrogens is 2. The zero-order valence-corrected chi connectivity index (χ0v) is 14.8. The summed E-state index contributed by atoms with van der Waals surface area (Å²) in [4.78, 5) is 16.5. The number of carbonyl (C=O) groups is 1. The van der Waals surface area contributed by atoms with Crippen molar-refractivity contribution in [3.63, 3.8) is 0 Å². The number of imidazole rings is 1. The molecule has 1 aliphatic heterocycles. The molecule has 1 aliphatic rings. The van der Waals surface area contributed by atoms with Crippen LogP contribution < -0.4 is 15.4 Å². The highest BCUT2D eigenvalue weighted by Crippen LogP contribution is 2.28. The zero-order valence-electron chi connectivity index (χ0n) is 14.1. The first-order valence-electron chi connectivity index (χ1n) is 7.99. The van der Waals surface area contributed by atoms with Gasteiger partial charge in [-0.25, -0.2) is 9.37 Å². The van der Waals surface area contributed by atoms with E-state index in [1.165, 1.54) is 13.2 Å². The quantitative estimate of drug-likeness (QED) is 0.848. The molecule has 0 spiro atoms. The third-order valence-electron chi connectivity index (χ3n) is 4.58. The van der Waals surface area contributed by atoms with Gasteiger partial charge in [-0.15, -0.1) is 0 Å². The molecule has 0 radical (unpaired) electrons. The van der Waals surface area contributed by atoms with Crippen LogP contribution in [0.25, 0.3) is 0 Å². The predicted octanol–water partition coefficient (Wildman–Crippen LogP) is 1.95. The van der Waals surface area contributed by atoms with Gasteiger partial charge >= 0.3 is 0 Å².